The van der Waals surface area contributed by atoms with Gasteiger partial charge in [-0.3, -0.25) is 4.99 Å². The molecular formula is C9H18F3N3O. The molecule has 0 unspecified atom stereocenters. The highest BCUT2D eigenvalue weighted by Gasteiger charge is 2.26. The first-order valence-electron chi connectivity index (χ1n) is 5.08. The van der Waals surface area contributed by atoms with Gasteiger partial charge < -0.3 is 15.4 Å². The predicted octanol–water partition coefficient (Wildman–Crippen LogP) is 1.14. The molecule has 96 valence electrons. The molecule has 0 bridgehead atoms. The summed E-state index contributed by atoms with van der Waals surface area (Å²) >= 11 is 0. The zero-order valence-corrected chi connectivity index (χ0v) is 9.52. The van der Waals surface area contributed by atoms with Crippen molar-refractivity contribution >= 4 is 5.96 Å². The van der Waals surface area contributed by atoms with Gasteiger partial charge in [0.2, 0.25) is 0 Å². The Labute approximate surface area is 93.3 Å². The van der Waals surface area contributed by atoms with E-state index in [-0.39, 0.29) is 6.54 Å². The second-order valence-corrected chi connectivity index (χ2v) is 2.99. The van der Waals surface area contributed by atoms with Gasteiger partial charge in [0, 0.05) is 26.7 Å². The summed E-state index contributed by atoms with van der Waals surface area (Å²) in [5.41, 5.74) is 0. The van der Waals surface area contributed by atoms with Crippen LogP contribution in [0.4, 0.5) is 13.2 Å². The van der Waals surface area contributed by atoms with E-state index in [0.29, 0.717) is 25.7 Å². The Balaban J connectivity index is 3.61. The van der Waals surface area contributed by atoms with E-state index in [1.165, 1.54) is 7.05 Å². The van der Waals surface area contributed by atoms with Crippen LogP contribution in [-0.2, 0) is 4.74 Å². The lowest BCUT2D eigenvalue weighted by atomic mass is 10.4. The van der Waals surface area contributed by atoms with E-state index in [9.17, 15) is 13.2 Å². The van der Waals surface area contributed by atoms with Crippen molar-refractivity contribution in [2.45, 2.75) is 19.5 Å². The van der Waals surface area contributed by atoms with Gasteiger partial charge in [0.1, 0.15) is 0 Å². The van der Waals surface area contributed by atoms with Gasteiger partial charge in [0.15, 0.2) is 5.96 Å². The maximum Gasteiger partial charge on any atom is 0.390 e. The number of rotatable bonds is 6. The topological polar surface area (TPSA) is 45.6 Å². The van der Waals surface area contributed by atoms with Crippen LogP contribution in [0.25, 0.3) is 0 Å². The minimum atomic E-state index is -4.14. The van der Waals surface area contributed by atoms with Crippen molar-refractivity contribution in [1.29, 1.82) is 0 Å². The van der Waals surface area contributed by atoms with Gasteiger partial charge in [-0.25, -0.2) is 0 Å². The number of alkyl halides is 3. The third kappa shape index (κ3) is 9.57. The quantitative estimate of drug-likeness (QED) is 0.416. The zero-order chi connectivity index (χ0) is 12.4. The minimum absolute atomic E-state index is 0.183. The summed E-state index contributed by atoms with van der Waals surface area (Å²) in [4.78, 5) is 3.78. The molecule has 0 amide bonds. The van der Waals surface area contributed by atoms with Crippen molar-refractivity contribution in [3.05, 3.63) is 0 Å². The van der Waals surface area contributed by atoms with Crippen molar-refractivity contribution in [3.8, 4) is 0 Å². The van der Waals surface area contributed by atoms with E-state index in [1.807, 2.05) is 6.92 Å². The minimum Gasteiger partial charge on any atom is -0.380 e. The SMILES string of the molecule is CCOCCNC(=NC)NCCC(F)(F)F. The van der Waals surface area contributed by atoms with Crippen molar-refractivity contribution in [2.24, 2.45) is 4.99 Å². The molecule has 0 heterocycles. The molecular weight excluding hydrogens is 223 g/mol. The third-order valence-electron chi connectivity index (χ3n) is 1.67. The molecule has 16 heavy (non-hydrogen) atoms. The van der Waals surface area contributed by atoms with Gasteiger partial charge >= 0.3 is 6.18 Å². The Morgan fingerprint density at radius 3 is 2.38 bits per heavy atom. The Bertz CT molecular complexity index is 207. The Kier molecular flexibility index (Phi) is 7.70. The highest BCUT2D eigenvalue weighted by Crippen LogP contribution is 2.17. The molecule has 0 aliphatic heterocycles. The maximum atomic E-state index is 11.8. The van der Waals surface area contributed by atoms with Crippen LogP contribution in [0.15, 0.2) is 4.99 Å². The average molecular weight is 241 g/mol. The van der Waals surface area contributed by atoms with E-state index in [4.69, 9.17) is 4.74 Å². The third-order valence-corrected chi connectivity index (χ3v) is 1.67. The summed E-state index contributed by atoms with van der Waals surface area (Å²) in [6.07, 6.45) is -5.02. The predicted molar refractivity (Wildman–Crippen MR) is 56.5 cm³/mol. The number of guanidine groups is 1. The van der Waals surface area contributed by atoms with E-state index in [1.54, 1.807) is 0 Å². The lowest BCUT2D eigenvalue weighted by Crippen LogP contribution is -2.40. The Morgan fingerprint density at radius 2 is 1.88 bits per heavy atom. The second kappa shape index (κ2) is 8.20. The average Bonchev–Trinajstić information content (AvgIpc) is 2.20. The first kappa shape index (κ1) is 15.0. The number of nitrogens with one attached hydrogen (secondary N) is 2. The van der Waals surface area contributed by atoms with Gasteiger partial charge in [0.05, 0.1) is 13.0 Å². The lowest BCUT2D eigenvalue weighted by Gasteiger charge is -2.12. The largest absolute Gasteiger partial charge is 0.390 e. The van der Waals surface area contributed by atoms with Gasteiger partial charge in [-0.1, -0.05) is 0 Å². The molecule has 7 heteroatoms. The van der Waals surface area contributed by atoms with Crippen molar-refractivity contribution in [3.63, 3.8) is 0 Å². The maximum absolute atomic E-state index is 11.8. The van der Waals surface area contributed by atoms with Crippen LogP contribution < -0.4 is 10.6 Å². The molecule has 0 spiro atoms. The number of aliphatic imine (C=N–C) groups is 1. The van der Waals surface area contributed by atoms with Gasteiger partial charge in [-0.15, -0.1) is 0 Å². The first-order chi connectivity index (χ1) is 7.49. The number of hydrogen-bond donors (Lipinski definition) is 2. The Morgan fingerprint density at radius 1 is 1.25 bits per heavy atom. The van der Waals surface area contributed by atoms with Crippen LogP contribution in [0.3, 0.4) is 0 Å². The fourth-order valence-electron chi connectivity index (χ4n) is 0.929. The molecule has 0 saturated heterocycles. The van der Waals surface area contributed by atoms with Crippen LogP contribution in [0.1, 0.15) is 13.3 Å². The molecule has 0 aromatic rings. The summed E-state index contributed by atoms with van der Waals surface area (Å²) in [5.74, 6) is 0.351. The van der Waals surface area contributed by atoms with Crippen LogP contribution in [-0.4, -0.2) is 45.5 Å². The molecule has 4 nitrogen and oxygen atoms in total. The van der Waals surface area contributed by atoms with Gasteiger partial charge in [-0.05, 0) is 6.92 Å². The summed E-state index contributed by atoms with van der Waals surface area (Å²) in [5, 5.41) is 5.40. The Hall–Kier alpha value is -0.980. The molecule has 0 radical (unpaired) electrons. The van der Waals surface area contributed by atoms with Crippen LogP contribution in [0, 0.1) is 0 Å². The fourth-order valence-corrected chi connectivity index (χ4v) is 0.929. The molecule has 2 N–H and O–H groups in total. The lowest BCUT2D eigenvalue weighted by molar-refractivity contribution is -0.132. The molecule has 0 aromatic carbocycles. The molecule has 0 aromatic heterocycles. The molecule has 0 atom stereocenters. The molecule has 0 rings (SSSR count). The van der Waals surface area contributed by atoms with E-state index in [0.717, 1.165) is 0 Å². The highest BCUT2D eigenvalue weighted by atomic mass is 19.4. The summed E-state index contributed by atoms with van der Waals surface area (Å²) in [6.45, 7) is 3.31. The second-order valence-electron chi connectivity index (χ2n) is 2.99. The fraction of sp³-hybridized carbons (Fsp3) is 0.889. The standard InChI is InChI=1S/C9H18F3N3O/c1-3-16-7-6-15-8(13-2)14-5-4-9(10,11)12/h3-7H2,1-2H3,(H2,13,14,15). The van der Waals surface area contributed by atoms with Crippen molar-refractivity contribution in [1.82, 2.24) is 10.6 Å². The summed E-state index contributed by atoms with van der Waals surface area (Å²) < 4.78 is 40.6. The van der Waals surface area contributed by atoms with Crippen molar-refractivity contribution < 1.29 is 17.9 Å². The molecule has 0 saturated carbocycles. The number of hydrogen-bond acceptors (Lipinski definition) is 2. The van der Waals surface area contributed by atoms with Gasteiger partial charge in [-0.2, -0.15) is 13.2 Å². The number of ether oxygens (including phenoxy) is 1. The van der Waals surface area contributed by atoms with E-state index >= 15 is 0 Å². The van der Waals surface area contributed by atoms with Crippen LogP contribution in [0.2, 0.25) is 0 Å². The normalized spacial score (nSPS) is 12.7. The van der Waals surface area contributed by atoms with Crippen LogP contribution >= 0.6 is 0 Å². The first-order valence-corrected chi connectivity index (χ1v) is 5.08. The number of nitrogens with zero attached hydrogens (tertiary/aromatic N) is 1. The van der Waals surface area contributed by atoms with Gasteiger partial charge in [0.25, 0.3) is 0 Å². The molecule has 0 fully saturated rings. The smallest absolute Gasteiger partial charge is 0.380 e. The summed E-state index contributed by atoms with van der Waals surface area (Å²) in [6, 6.07) is 0. The molecule has 0 aliphatic rings. The van der Waals surface area contributed by atoms with E-state index < -0.39 is 12.6 Å². The monoisotopic (exact) mass is 241 g/mol. The van der Waals surface area contributed by atoms with E-state index in [2.05, 4.69) is 15.6 Å². The zero-order valence-electron chi connectivity index (χ0n) is 9.52. The van der Waals surface area contributed by atoms with Crippen molar-refractivity contribution in [2.75, 3.05) is 33.4 Å². The number of halogens is 3. The highest BCUT2D eigenvalue weighted by molar-refractivity contribution is 5.79. The molecule has 0 aliphatic carbocycles. The summed E-state index contributed by atoms with van der Waals surface area (Å²) in [7, 11) is 1.50. The van der Waals surface area contributed by atoms with Crippen LogP contribution in [0.5, 0.6) is 0 Å².